The topological polar surface area (TPSA) is 50.4 Å². The number of piperidine rings is 4. The van der Waals surface area contributed by atoms with Crippen LogP contribution in [0.15, 0.2) is 0 Å². The fourth-order valence-electron chi connectivity index (χ4n) is 14.1. The Kier molecular flexibility index (Phi) is 30.2. The molecule has 0 N–H and O–H groups in total. The highest BCUT2D eigenvalue weighted by Crippen LogP contribution is 2.47. The number of hydrogen-bond donors (Lipinski definition) is 0. The summed E-state index contributed by atoms with van der Waals surface area (Å²) < 4.78 is 15.9. The van der Waals surface area contributed by atoms with Gasteiger partial charge in [-0.1, -0.05) is 52.0 Å². The van der Waals surface area contributed by atoms with Crippen molar-refractivity contribution in [1.82, 2.24) is 34.3 Å². The average molecular weight is 1060 g/mol. The maximum absolute atomic E-state index is 5.49. The fraction of sp³-hybridized carbons (Fsp3) is 1.00. The second kappa shape index (κ2) is 31.1. The van der Waals surface area contributed by atoms with Crippen LogP contribution in [0.5, 0.6) is 0 Å². The Morgan fingerprint density at radius 3 is 1.20 bits per heavy atom. The molecule has 2 bridgehead atoms. The van der Waals surface area contributed by atoms with Gasteiger partial charge in [-0.05, 0) is 216 Å². The van der Waals surface area contributed by atoms with Crippen molar-refractivity contribution in [3.63, 3.8) is 0 Å². The van der Waals surface area contributed by atoms with Gasteiger partial charge in [0.1, 0.15) is 0 Å². The van der Waals surface area contributed by atoms with Gasteiger partial charge in [0.2, 0.25) is 0 Å². The minimum Gasteiger partial charge on any atom is -0.380 e. The third-order valence-corrected chi connectivity index (χ3v) is 19.5. The molecule has 10 atom stereocenters. The summed E-state index contributed by atoms with van der Waals surface area (Å²) in [6.07, 6.45) is 15.2. The minimum atomic E-state index is 0. The molecule has 0 aromatic carbocycles. The lowest BCUT2D eigenvalue weighted by Crippen LogP contribution is -2.72. The van der Waals surface area contributed by atoms with Crippen molar-refractivity contribution in [2.75, 3.05) is 98.5 Å². The van der Waals surface area contributed by atoms with Crippen molar-refractivity contribution in [2.45, 2.75) is 285 Å². The van der Waals surface area contributed by atoms with E-state index >= 15 is 0 Å². The van der Waals surface area contributed by atoms with Crippen molar-refractivity contribution in [1.29, 1.82) is 0 Å². The lowest BCUT2D eigenvalue weighted by atomic mass is 9.77. The summed E-state index contributed by atoms with van der Waals surface area (Å²) in [5.74, 6) is 6.63. The first-order chi connectivity index (χ1) is 32.4. The van der Waals surface area contributed by atoms with Gasteiger partial charge in [-0.15, -0.1) is 0 Å². The predicted molar refractivity (Wildman–Crippen MR) is 330 cm³/mol. The lowest BCUT2D eigenvalue weighted by Gasteiger charge is -2.59. The van der Waals surface area contributed by atoms with Crippen LogP contribution in [0.1, 0.15) is 213 Å². The van der Waals surface area contributed by atoms with E-state index in [0.29, 0.717) is 29.1 Å². The van der Waals surface area contributed by atoms with Crippen molar-refractivity contribution in [3.8, 4) is 0 Å². The second-order valence-electron chi connectivity index (χ2n) is 27.0. The number of morpholine rings is 1. The van der Waals surface area contributed by atoms with Crippen LogP contribution in [0.2, 0.25) is 0 Å². The van der Waals surface area contributed by atoms with Crippen LogP contribution in [-0.2, 0) is 14.2 Å². The Hall–Kier alpha value is -0.400. The van der Waals surface area contributed by atoms with Crippen LogP contribution in [0.4, 0.5) is 0 Å². The minimum absolute atomic E-state index is 0. The Morgan fingerprint density at radius 1 is 0.400 bits per heavy atom. The normalized spacial score (nSPS) is 34.0. The molecule has 10 saturated heterocycles. The summed E-state index contributed by atoms with van der Waals surface area (Å²) in [4.78, 5) is 18.1. The van der Waals surface area contributed by atoms with Gasteiger partial charge in [-0.2, -0.15) is 0 Å². The molecule has 75 heavy (non-hydrogen) atoms. The van der Waals surface area contributed by atoms with Gasteiger partial charge in [0.05, 0.1) is 44.7 Å². The molecule has 0 aromatic heterocycles. The standard InChI is InChI=1S/2C9H17N.3C8H15NO.2C8H15N.7CH4/c1-7(2)10-4-3-8-5-9(8)6-10;1-7(2)10-5-3-4-8-6-9(8)10;1-7(2)9-3-8(4-9)5-10-6-8;1-6(2)9-4-8-3-7(9)5-10-8;1-7(2)9-4-3-8(9)5-10-6-8;1-6(2)9-4-7-3-8(7)5-9;1-6(2)9-4-3-7-5-8(7)9;;;;;;;/h2*7-9H,3-6H2,1-2H3;7H,3-6H2,1-2H3;6-8H,3-5H2,1-2H3;7H,3-6H2,1-2H3;2*6-8H,3-5H2,1-2H3;7*1H4. The van der Waals surface area contributed by atoms with Crippen LogP contribution in [0.3, 0.4) is 0 Å². The molecule has 10 nitrogen and oxygen atoms in total. The molecule has 0 aromatic rings. The van der Waals surface area contributed by atoms with E-state index in [-0.39, 0.29) is 52.0 Å². The summed E-state index contributed by atoms with van der Waals surface area (Å²) in [5.41, 5.74) is 1.10. The van der Waals surface area contributed by atoms with Gasteiger partial charge in [-0.3, -0.25) is 24.5 Å². The maximum atomic E-state index is 5.49. The molecule has 10 heterocycles. The molecule has 0 radical (unpaired) electrons. The Bertz CT molecular complexity index is 1510. The van der Waals surface area contributed by atoms with Crippen molar-refractivity contribution < 1.29 is 14.2 Å². The molecule has 14 aliphatic rings. The van der Waals surface area contributed by atoms with Gasteiger partial charge in [0, 0.05) is 112 Å². The highest BCUT2D eigenvalue weighted by atomic mass is 16.5. The van der Waals surface area contributed by atoms with E-state index in [0.717, 1.165) is 117 Å². The zero-order valence-electron chi connectivity index (χ0n) is 46.8. The molecule has 4 aliphatic carbocycles. The number of ether oxygens (including phenoxy) is 3. The van der Waals surface area contributed by atoms with E-state index in [4.69, 9.17) is 14.2 Å². The van der Waals surface area contributed by atoms with E-state index in [1.54, 1.807) is 0 Å². The van der Waals surface area contributed by atoms with Gasteiger partial charge in [0.25, 0.3) is 0 Å². The first-order valence-electron chi connectivity index (χ1n) is 29.4. The van der Waals surface area contributed by atoms with E-state index < -0.39 is 0 Å². The van der Waals surface area contributed by atoms with E-state index in [1.807, 2.05) is 0 Å². The Balaban J connectivity index is 0.000000431. The van der Waals surface area contributed by atoms with Crippen molar-refractivity contribution >= 4 is 0 Å². The molecule has 450 valence electrons. The zero-order chi connectivity index (χ0) is 48.7. The third kappa shape index (κ3) is 18.6. The monoisotopic (exact) mass is 1060 g/mol. The lowest BCUT2D eigenvalue weighted by molar-refractivity contribution is -0.202. The summed E-state index contributed by atoms with van der Waals surface area (Å²) >= 11 is 0. The molecule has 10 unspecified atom stereocenters. The molecular formula is C65H137N7O3. The van der Waals surface area contributed by atoms with E-state index in [2.05, 4.69) is 131 Å². The van der Waals surface area contributed by atoms with Crippen LogP contribution in [0, 0.1) is 40.9 Å². The molecule has 14 rings (SSSR count). The third-order valence-electron chi connectivity index (χ3n) is 19.5. The Labute approximate surface area is 471 Å². The summed E-state index contributed by atoms with van der Waals surface area (Å²) in [6.45, 7) is 50.2. The van der Waals surface area contributed by atoms with Crippen LogP contribution in [-0.4, -0.2) is 205 Å². The number of likely N-dealkylation sites (tertiary alicyclic amines) is 7. The number of hydrogen-bond acceptors (Lipinski definition) is 10. The quantitative estimate of drug-likeness (QED) is 0.246. The number of nitrogens with zero attached hydrogens (tertiary/aromatic N) is 7. The summed E-state index contributed by atoms with van der Waals surface area (Å²) in [6, 6.07) is 8.03. The van der Waals surface area contributed by atoms with E-state index in [9.17, 15) is 0 Å². The fourth-order valence-corrected chi connectivity index (χ4v) is 14.1. The maximum Gasteiger partial charge on any atom is 0.0718 e. The highest BCUT2D eigenvalue weighted by Gasteiger charge is 2.52. The molecular weight excluding hydrogens is 927 g/mol. The van der Waals surface area contributed by atoms with Crippen LogP contribution in [0.25, 0.3) is 0 Å². The van der Waals surface area contributed by atoms with Crippen molar-refractivity contribution in [3.05, 3.63) is 0 Å². The zero-order valence-corrected chi connectivity index (χ0v) is 46.8. The van der Waals surface area contributed by atoms with Gasteiger partial charge in [0.15, 0.2) is 0 Å². The largest absolute Gasteiger partial charge is 0.380 e. The molecule has 0 amide bonds. The molecule has 10 heteroatoms. The second-order valence-corrected chi connectivity index (χ2v) is 27.0. The van der Waals surface area contributed by atoms with Crippen LogP contribution >= 0.6 is 0 Å². The number of rotatable bonds is 7. The van der Waals surface area contributed by atoms with Crippen molar-refractivity contribution in [2.24, 2.45) is 40.9 Å². The SMILES string of the molecule is C.C.C.C.C.C.C.CC(C)N1CC2(COC2)C1.CC(C)N1CC2CC1CO2.CC(C)N1CC2CC2C1.CC(C)N1CCC12COC2.CC(C)N1CCC2CC21.CC(C)N1CCC2CC2C1.CC(C)N1CCCC2CC21. The molecule has 10 aliphatic heterocycles. The highest BCUT2D eigenvalue weighted by molar-refractivity contribution is 5.06. The van der Waals surface area contributed by atoms with Gasteiger partial charge >= 0.3 is 0 Å². The van der Waals surface area contributed by atoms with Gasteiger partial charge in [-0.25, -0.2) is 0 Å². The molecule has 2 spiro atoms. The number of fused-ring (bicyclic) bond motifs is 6. The smallest absolute Gasteiger partial charge is 0.0718 e. The summed E-state index contributed by atoms with van der Waals surface area (Å²) in [7, 11) is 0. The first-order valence-corrected chi connectivity index (χ1v) is 29.4. The first kappa shape index (κ1) is 72.6. The Morgan fingerprint density at radius 2 is 0.880 bits per heavy atom. The van der Waals surface area contributed by atoms with E-state index in [1.165, 1.54) is 130 Å². The average Bonchev–Trinajstić information content (AvgIpc) is 4.21. The molecule has 4 saturated carbocycles. The molecule has 14 fully saturated rings. The van der Waals surface area contributed by atoms with Crippen LogP contribution < -0.4 is 0 Å². The predicted octanol–water partition coefficient (Wildman–Crippen LogP) is 13.4. The van der Waals surface area contributed by atoms with Gasteiger partial charge < -0.3 is 24.0 Å². The summed E-state index contributed by atoms with van der Waals surface area (Å²) in [5, 5.41) is 0.